The average Bonchev–Trinajstić information content (AvgIpc) is 2.27. The fraction of sp³-hybridized carbons (Fsp3) is 0.364. The van der Waals surface area contributed by atoms with Crippen LogP contribution < -0.4 is 16.2 Å². The lowest BCUT2D eigenvalue weighted by Gasteiger charge is -2.17. The first-order valence-corrected chi connectivity index (χ1v) is 4.90. The Kier molecular flexibility index (Phi) is 3.68. The number of anilines is 1. The molecule has 0 saturated carbocycles. The predicted octanol–water partition coefficient (Wildman–Crippen LogP) is 1.83. The summed E-state index contributed by atoms with van der Waals surface area (Å²) in [6.07, 6.45) is 0. The molecule has 2 amide bonds. The van der Waals surface area contributed by atoms with Crippen molar-refractivity contribution in [2.75, 3.05) is 11.9 Å². The lowest BCUT2D eigenvalue weighted by atomic mass is 10.0. The Morgan fingerprint density at radius 2 is 1.87 bits per heavy atom. The van der Waals surface area contributed by atoms with E-state index in [1.54, 1.807) is 7.05 Å². The third-order valence-electron chi connectivity index (χ3n) is 2.38. The van der Waals surface area contributed by atoms with Crippen molar-refractivity contribution in [2.24, 2.45) is 5.84 Å². The van der Waals surface area contributed by atoms with Gasteiger partial charge in [0.15, 0.2) is 0 Å². The molecule has 0 aromatic heterocycles. The molecule has 15 heavy (non-hydrogen) atoms. The molecule has 0 unspecified atom stereocenters. The van der Waals surface area contributed by atoms with E-state index in [0.29, 0.717) is 5.92 Å². The quantitative estimate of drug-likeness (QED) is 0.441. The molecular weight excluding hydrogens is 190 g/mol. The largest absolute Gasteiger partial charge is 0.335 e. The van der Waals surface area contributed by atoms with Crippen LogP contribution in [0.5, 0.6) is 0 Å². The van der Waals surface area contributed by atoms with Gasteiger partial charge in [0.2, 0.25) is 0 Å². The third-order valence-corrected chi connectivity index (χ3v) is 2.38. The van der Waals surface area contributed by atoms with E-state index in [1.807, 2.05) is 24.3 Å². The van der Waals surface area contributed by atoms with Crippen molar-refractivity contribution in [3.63, 3.8) is 0 Å². The van der Waals surface area contributed by atoms with Gasteiger partial charge in [-0.25, -0.2) is 10.6 Å². The van der Waals surface area contributed by atoms with Gasteiger partial charge < -0.3 is 0 Å². The zero-order valence-corrected chi connectivity index (χ0v) is 9.32. The van der Waals surface area contributed by atoms with E-state index in [0.717, 1.165) is 5.69 Å². The van der Waals surface area contributed by atoms with Gasteiger partial charge in [-0.1, -0.05) is 26.0 Å². The van der Waals surface area contributed by atoms with Crippen molar-refractivity contribution in [2.45, 2.75) is 19.8 Å². The number of hydrazine groups is 1. The van der Waals surface area contributed by atoms with E-state index in [-0.39, 0.29) is 6.03 Å². The molecule has 0 bridgehead atoms. The highest BCUT2D eigenvalue weighted by molar-refractivity contribution is 5.90. The number of carbonyl (C=O) groups is 1. The van der Waals surface area contributed by atoms with Crippen LogP contribution in [0, 0.1) is 0 Å². The first kappa shape index (κ1) is 11.5. The smallest absolute Gasteiger partial charge is 0.296 e. The van der Waals surface area contributed by atoms with E-state index in [9.17, 15) is 4.79 Å². The van der Waals surface area contributed by atoms with E-state index < -0.39 is 0 Å². The Labute approximate surface area is 90.0 Å². The highest BCUT2D eigenvalue weighted by Crippen LogP contribution is 2.19. The molecule has 0 aliphatic heterocycles. The van der Waals surface area contributed by atoms with Gasteiger partial charge in [-0.15, -0.1) is 0 Å². The van der Waals surface area contributed by atoms with E-state index in [1.165, 1.54) is 10.5 Å². The van der Waals surface area contributed by atoms with Crippen LogP contribution >= 0.6 is 0 Å². The van der Waals surface area contributed by atoms with Crippen molar-refractivity contribution in [1.29, 1.82) is 0 Å². The van der Waals surface area contributed by atoms with Crippen LogP contribution in [0.2, 0.25) is 0 Å². The number of hydrogen-bond donors (Lipinski definition) is 2. The zero-order chi connectivity index (χ0) is 11.4. The fourth-order valence-electron chi connectivity index (χ4n) is 1.30. The third kappa shape index (κ3) is 2.70. The molecule has 0 radical (unpaired) electrons. The maximum Gasteiger partial charge on any atom is 0.335 e. The zero-order valence-electron chi connectivity index (χ0n) is 9.32. The lowest BCUT2D eigenvalue weighted by molar-refractivity contribution is 0.247. The van der Waals surface area contributed by atoms with Gasteiger partial charge in [-0.2, -0.15) is 0 Å². The van der Waals surface area contributed by atoms with Crippen LogP contribution in [0.1, 0.15) is 25.3 Å². The Morgan fingerprint density at radius 3 is 2.27 bits per heavy atom. The van der Waals surface area contributed by atoms with Crippen molar-refractivity contribution < 1.29 is 4.79 Å². The van der Waals surface area contributed by atoms with Crippen LogP contribution in [-0.2, 0) is 0 Å². The van der Waals surface area contributed by atoms with Gasteiger partial charge >= 0.3 is 6.03 Å². The summed E-state index contributed by atoms with van der Waals surface area (Å²) in [5.41, 5.74) is 4.16. The van der Waals surface area contributed by atoms with Crippen molar-refractivity contribution in [3.05, 3.63) is 29.8 Å². The molecule has 0 heterocycles. The summed E-state index contributed by atoms with van der Waals surface area (Å²) in [5, 5.41) is 0. The van der Waals surface area contributed by atoms with Crippen LogP contribution in [0.4, 0.5) is 10.5 Å². The average molecular weight is 207 g/mol. The number of carbonyl (C=O) groups excluding carboxylic acids is 1. The van der Waals surface area contributed by atoms with Crippen LogP contribution in [-0.4, -0.2) is 13.1 Å². The molecule has 1 rings (SSSR count). The topological polar surface area (TPSA) is 58.4 Å². The molecular formula is C11H17N3O. The fourth-order valence-corrected chi connectivity index (χ4v) is 1.30. The summed E-state index contributed by atoms with van der Waals surface area (Å²) in [5.74, 6) is 5.54. The second kappa shape index (κ2) is 4.79. The van der Waals surface area contributed by atoms with Gasteiger partial charge in [-0.05, 0) is 23.6 Å². The molecule has 0 saturated heterocycles. The number of nitrogens with one attached hydrogen (secondary N) is 1. The number of rotatable bonds is 2. The Morgan fingerprint density at radius 1 is 1.33 bits per heavy atom. The summed E-state index contributed by atoms with van der Waals surface area (Å²) < 4.78 is 0. The van der Waals surface area contributed by atoms with Crippen LogP contribution in [0.25, 0.3) is 0 Å². The minimum Gasteiger partial charge on any atom is -0.296 e. The van der Waals surface area contributed by atoms with Crippen LogP contribution in [0.15, 0.2) is 24.3 Å². The second-order valence-corrected chi connectivity index (χ2v) is 3.75. The molecule has 0 aliphatic carbocycles. The number of hydrogen-bond acceptors (Lipinski definition) is 2. The first-order valence-electron chi connectivity index (χ1n) is 4.90. The molecule has 0 aliphatic rings. The number of benzene rings is 1. The van der Waals surface area contributed by atoms with Crippen molar-refractivity contribution >= 4 is 11.7 Å². The molecule has 0 spiro atoms. The summed E-state index contributed by atoms with van der Waals surface area (Å²) >= 11 is 0. The normalized spacial score (nSPS) is 10.2. The van der Waals surface area contributed by atoms with Crippen LogP contribution in [0.3, 0.4) is 0 Å². The standard InChI is InChI=1S/C11H17N3O/c1-8(2)9-4-6-10(7-5-9)14(3)11(15)13-12/h4-8H,12H2,1-3H3,(H,13,15). The number of urea groups is 1. The SMILES string of the molecule is CC(C)c1ccc(N(C)C(=O)NN)cc1. The van der Waals surface area contributed by atoms with Gasteiger partial charge in [0.25, 0.3) is 0 Å². The Bertz CT molecular complexity index is 332. The monoisotopic (exact) mass is 207 g/mol. The lowest BCUT2D eigenvalue weighted by Crippen LogP contribution is -2.41. The van der Waals surface area contributed by atoms with Crippen molar-refractivity contribution in [3.8, 4) is 0 Å². The van der Waals surface area contributed by atoms with E-state index in [2.05, 4.69) is 19.3 Å². The maximum absolute atomic E-state index is 11.2. The molecule has 4 heteroatoms. The Balaban J connectivity index is 2.84. The molecule has 3 N–H and O–H groups in total. The predicted molar refractivity (Wildman–Crippen MR) is 61.7 cm³/mol. The Hall–Kier alpha value is -1.55. The van der Waals surface area contributed by atoms with Crippen molar-refractivity contribution in [1.82, 2.24) is 5.43 Å². The van der Waals surface area contributed by atoms with Gasteiger partial charge in [-0.3, -0.25) is 10.3 Å². The van der Waals surface area contributed by atoms with Gasteiger partial charge in [0.1, 0.15) is 0 Å². The van der Waals surface area contributed by atoms with Gasteiger partial charge in [0, 0.05) is 12.7 Å². The maximum atomic E-state index is 11.2. The number of nitrogens with zero attached hydrogens (tertiary/aromatic N) is 1. The molecule has 0 atom stereocenters. The minimum absolute atomic E-state index is 0.327. The highest BCUT2D eigenvalue weighted by atomic mass is 16.2. The molecule has 82 valence electrons. The number of amides is 2. The summed E-state index contributed by atoms with van der Waals surface area (Å²) in [4.78, 5) is 12.7. The summed E-state index contributed by atoms with van der Waals surface area (Å²) in [6, 6.07) is 7.52. The second-order valence-electron chi connectivity index (χ2n) is 3.75. The molecule has 0 fully saturated rings. The van der Waals surface area contributed by atoms with E-state index in [4.69, 9.17) is 5.84 Å². The highest BCUT2D eigenvalue weighted by Gasteiger charge is 2.08. The van der Waals surface area contributed by atoms with Gasteiger partial charge in [0.05, 0.1) is 0 Å². The molecule has 4 nitrogen and oxygen atoms in total. The first-order chi connectivity index (χ1) is 7.06. The molecule has 1 aromatic carbocycles. The summed E-state index contributed by atoms with van der Waals surface area (Å²) in [6.45, 7) is 4.26. The van der Waals surface area contributed by atoms with E-state index >= 15 is 0 Å². The minimum atomic E-state index is -0.327. The molecule has 1 aromatic rings. The number of nitrogens with two attached hydrogens (primary N) is 1. The summed E-state index contributed by atoms with van der Waals surface area (Å²) in [7, 11) is 1.67.